The van der Waals surface area contributed by atoms with Crippen LogP contribution in [0.25, 0.3) is 33.4 Å². The first-order valence-corrected chi connectivity index (χ1v) is 28.2. The maximum absolute atomic E-state index is 15.3. The van der Waals surface area contributed by atoms with Crippen molar-refractivity contribution in [2.45, 2.75) is 140 Å². The number of hydrazine groups is 1. The molecule has 2 aliphatic carbocycles. The van der Waals surface area contributed by atoms with Crippen LogP contribution >= 0.6 is 0 Å². The fraction of sp³-hybridized carbons (Fsp3) is 0.667. The molecule has 13 rings (SSSR count). The predicted molar refractivity (Wildman–Crippen MR) is 282 cm³/mol. The van der Waals surface area contributed by atoms with E-state index in [0.717, 1.165) is 89.7 Å². The number of nitrogens with one attached hydrogen (secondary N) is 2. The van der Waals surface area contributed by atoms with Crippen LogP contribution in [-0.4, -0.2) is 176 Å². The van der Waals surface area contributed by atoms with Gasteiger partial charge < -0.3 is 47.6 Å². The zero-order chi connectivity index (χ0) is 52.3. The molecule has 8 bridgehead atoms. The van der Waals surface area contributed by atoms with Gasteiger partial charge in [0.25, 0.3) is 11.8 Å². The van der Waals surface area contributed by atoms with E-state index in [1.807, 2.05) is 13.1 Å². The van der Waals surface area contributed by atoms with Crippen molar-refractivity contribution >= 4 is 34.4 Å². The number of carbonyl (C=O) groups excluding carboxylic acids is 3. The SMILES string of the molecule is CO[C@@H](C)c1ncc(N2CCN(C3CC3)CC2)cc1-c1c2c3cc(ccc3n1CCOC1CCOCC1)-c1coc(n1)[C@@H](N1CCOCC1)[C@H](NC(=O)C13CC(C1)C(C)O3)C(=O)N1CCC[C@H](N1)C(=O)OCC(C)(C)C2. The highest BCUT2D eigenvalue weighted by Crippen LogP contribution is 2.52. The fourth-order valence-corrected chi connectivity index (χ4v) is 13.1. The Labute approximate surface area is 445 Å². The quantitative estimate of drug-likeness (QED) is 0.167. The van der Waals surface area contributed by atoms with E-state index in [1.54, 1.807) is 13.4 Å². The number of esters is 1. The number of hydrogen-bond donors (Lipinski definition) is 2. The second kappa shape index (κ2) is 21.3. The Morgan fingerprint density at radius 2 is 1.72 bits per heavy atom. The number of morpholine rings is 1. The number of amides is 2. The summed E-state index contributed by atoms with van der Waals surface area (Å²) < 4.78 is 45.9. The van der Waals surface area contributed by atoms with Crippen molar-refractivity contribution < 1.29 is 47.2 Å². The van der Waals surface area contributed by atoms with Gasteiger partial charge in [-0.05, 0) is 101 Å². The van der Waals surface area contributed by atoms with Crippen molar-refractivity contribution in [1.82, 2.24) is 40.1 Å². The van der Waals surface area contributed by atoms with Crippen LogP contribution in [0.15, 0.2) is 41.1 Å². The minimum atomic E-state index is -1.16. The van der Waals surface area contributed by atoms with E-state index in [1.165, 1.54) is 17.9 Å². The van der Waals surface area contributed by atoms with Gasteiger partial charge in [0.1, 0.15) is 35.7 Å². The maximum atomic E-state index is 15.3. The summed E-state index contributed by atoms with van der Waals surface area (Å²) in [6.07, 6.45) is 10.5. The highest BCUT2D eigenvalue weighted by atomic mass is 16.5. The number of benzene rings is 1. The van der Waals surface area contributed by atoms with Crippen LogP contribution in [0.5, 0.6) is 0 Å². The number of ether oxygens (including phenoxy) is 6. The lowest BCUT2D eigenvalue weighted by atomic mass is 9.72. The standard InChI is InChI=1S/C57H77N9O10/c1-35-38-29-57(30-38,76-35)55(69)60-49-51(64-19-24-72-25-20-64)52-59-46(33-74-52)37-8-11-47-42(27-37)44(31-56(3,4)34-75-54(68)45-7-6-14-66(61-45)53(49)67)50(65(47)21-26-73-41-12-22-71-23-13-41)43-28-40(32-58-48(43)36(2)70-5)63-17-15-62(16-18-63)39-9-10-39/h8,11,27-28,32-33,35-36,38-39,41,45,49,51,61H,6-7,9-10,12-26,29-31,34H2,1-5H3,(H,60,69)/t35?,36-,38?,45-,49-,51-,57?/m0/s1. The average Bonchev–Trinajstić information content (AvgIpc) is 3.96. The third-order valence-electron chi connectivity index (χ3n) is 17.7. The van der Waals surface area contributed by atoms with E-state index in [9.17, 15) is 9.59 Å². The minimum Gasteiger partial charge on any atom is -0.464 e. The van der Waals surface area contributed by atoms with Gasteiger partial charge in [-0.1, -0.05) is 19.9 Å². The summed E-state index contributed by atoms with van der Waals surface area (Å²) in [5.41, 5.74) is 9.10. The second-order valence-corrected chi connectivity index (χ2v) is 23.5. The molecule has 2 N–H and O–H groups in total. The number of carbonyl (C=O) groups is 3. The topological polar surface area (TPSA) is 187 Å². The van der Waals surface area contributed by atoms with Gasteiger partial charge in [-0.25, -0.2) is 10.4 Å². The third-order valence-corrected chi connectivity index (χ3v) is 17.7. The van der Waals surface area contributed by atoms with Crippen LogP contribution in [-0.2, 0) is 55.8 Å². The van der Waals surface area contributed by atoms with Crippen molar-refractivity contribution in [2.24, 2.45) is 11.3 Å². The van der Waals surface area contributed by atoms with Crippen molar-refractivity contribution in [1.29, 1.82) is 0 Å². The lowest BCUT2D eigenvalue weighted by Gasteiger charge is -2.42. The first-order valence-electron chi connectivity index (χ1n) is 28.2. The van der Waals surface area contributed by atoms with Crippen LogP contribution in [0.4, 0.5) is 5.69 Å². The number of nitrogens with zero attached hydrogens (tertiary/aromatic N) is 7. The summed E-state index contributed by atoms with van der Waals surface area (Å²) in [4.78, 5) is 61.9. The molecule has 6 saturated heterocycles. The first kappa shape index (κ1) is 51.7. The number of rotatable bonds is 12. The molecule has 3 aromatic heterocycles. The molecule has 76 heavy (non-hydrogen) atoms. The van der Waals surface area contributed by atoms with Gasteiger partial charge in [0.2, 0.25) is 5.89 Å². The highest BCUT2D eigenvalue weighted by molar-refractivity contribution is 5.96. The Kier molecular flexibility index (Phi) is 14.5. The van der Waals surface area contributed by atoms with E-state index in [0.29, 0.717) is 109 Å². The van der Waals surface area contributed by atoms with Crippen LogP contribution in [0.1, 0.15) is 108 Å². The minimum absolute atomic E-state index is 0.0523. The normalized spacial score (nSPS) is 29.2. The van der Waals surface area contributed by atoms with Gasteiger partial charge in [-0.2, -0.15) is 0 Å². The van der Waals surface area contributed by atoms with Gasteiger partial charge in [0.05, 0.1) is 68.0 Å². The van der Waals surface area contributed by atoms with Gasteiger partial charge in [0, 0.05) is 106 Å². The molecule has 2 amide bonds. The number of pyridine rings is 1. The number of aromatic nitrogens is 3. The summed E-state index contributed by atoms with van der Waals surface area (Å²) in [5.74, 6) is -0.581. The molecule has 410 valence electrons. The van der Waals surface area contributed by atoms with Crippen molar-refractivity contribution in [3.05, 3.63) is 53.9 Å². The van der Waals surface area contributed by atoms with Gasteiger partial charge in [0.15, 0.2) is 0 Å². The molecule has 19 heteroatoms. The predicted octanol–water partition coefficient (Wildman–Crippen LogP) is 5.59. The fourth-order valence-electron chi connectivity index (χ4n) is 13.1. The van der Waals surface area contributed by atoms with Gasteiger partial charge in [-0.15, -0.1) is 0 Å². The molecule has 7 aliphatic heterocycles. The number of hydrogen-bond acceptors (Lipinski definition) is 16. The Bertz CT molecular complexity index is 2770. The smallest absolute Gasteiger partial charge is 0.324 e. The summed E-state index contributed by atoms with van der Waals surface area (Å²) in [6, 6.07) is 6.71. The molecule has 2 saturated carbocycles. The summed E-state index contributed by atoms with van der Waals surface area (Å²) in [5, 5.41) is 5.70. The van der Waals surface area contributed by atoms with Gasteiger partial charge >= 0.3 is 5.97 Å². The van der Waals surface area contributed by atoms with Crippen LogP contribution in [0.2, 0.25) is 0 Å². The maximum Gasteiger partial charge on any atom is 0.324 e. The average molecular weight is 1050 g/mol. The molecule has 0 radical (unpaired) electrons. The van der Waals surface area contributed by atoms with Crippen molar-refractivity contribution in [2.75, 3.05) is 97.5 Å². The van der Waals surface area contributed by atoms with Crippen LogP contribution < -0.4 is 15.6 Å². The molecule has 9 aliphatic rings. The molecule has 19 nitrogen and oxygen atoms in total. The lowest BCUT2D eigenvalue weighted by molar-refractivity contribution is -0.158. The van der Waals surface area contributed by atoms with E-state index < -0.39 is 41.0 Å². The molecular formula is C57H77N9O10. The van der Waals surface area contributed by atoms with Crippen LogP contribution in [0.3, 0.4) is 0 Å². The Hall–Kier alpha value is -4.99. The summed E-state index contributed by atoms with van der Waals surface area (Å²) >= 11 is 0. The molecule has 1 unspecified atom stereocenters. The summed E-state index contributed by atoms with van der Waals surface area (Å²) in [7, 11) is 1.73. The number of oxazole rings is 1. The van der Waals surface area contributed by atoms with Crippen LogP contribution in [0, 0.1) is 11.3 Å². The van der Waals surface area contributed by atoms with E-state index >= 15 is 4.79 Å². The number of fused-ring (bicyclic) bond motifs is 7. The Balaban J connectivity index is 1.00. The molecule has 10 heterocycles. The zero-order valence-electron chi connectivity index (χ0n) is 45.1. The highest BCUT2D eigenvalue weighted by Gasteiger charge is 2.61. The number of methoxy groups -OCH3 is 1. The molecule has 1 aromatic carbocycles. The van der Waals surface area contributed by atoms with Crippen molar-refractivity contribution in [3.63, 3.8) is 0 Å². The molecule has 5 atom stereocenters. The third kappa shape index (κ3) is 10.2. The molecular weight excluding hydrogens is 971 g/mol. The first-order chi connectivity index (χ1) is 36.8. The number of cyclic esters (lactones) is 1. The van der Waals surface area contributed by atoms with Crippen molar-refractivity contribution in [3.8, 4) is 22.5 Å². The molecule has 4 aromatic rings. The Morgan fingerprint density at radius 1 is 0.947 bits per heavy atom. The van der Waals surface area contributed by atoms with E-state index in [4.69, 9.17) is 42.8 Å². The Morgan fingerprint density at radius 3 is 2.46 bits per heavy atom. The second-order valence-electron chi connectivity index (χ2n) is 23.5. The lowest BCUT2D eigenvalue weighted by Crippen LogP contribution is -2.65. The largest absolute Gasteiger partial charge is 0.464 e. The monoisotopic (exact) mass is 1050 g/mol. The zero-order valence-corrected chi connectivity index (χ0v) is 45.1. The van der Waals surface area contributed by atoms with E-state index in [2.05, 4.69) is 75.0 Å². The van der Waals surface area contributed by atoms with E-state index in [-0.39, 0.29) is 30.8 Å². The molecule has 0 spiro atoms. The molecule has 8 fully saturated rings. The number of anilines is 1. The summed E-state index contributed by atoms with van der Waals surface area (Å²) in [6.45, 7) is 16.9. The van der Waals surface area contributed by atoms with Gasteiger partial charge in [-0.3, -0.25) is 34.2 Å². The number of piperazine rings is 1.